The van der Waals surface area contributed by atoms with E-state index >= 15 is 0 Å². The highest BCUT2D eigenvalue weighted by Gasteiger charge is 2.65. The van der Waals surface area contributed by atoms with E-state index in [9.17, 15) is 4.79 Å². The molecule has 15 heavy (non-hydrogen) atoms. The monoisotopic (exact) mass is 209 g/mol. The van der Waals surface area contributed by atoms with Gasteiger partial charge in [-0.25, -0.2) is 0 Å². The maximum atomic E-state index is 11.0. The molecule has 84 valence electrons. The SMILES string of the molecule is NC[C@]1(CC(=O)O)[C@@H]2CC[C@H]3C[C@@H]2[C@@H]1C3. The summed E-state index contributed by atoms with van der Waals surface area (Å²) in [7, 11) is 0. The van der Waals surface area contributed by atoms with E-state index in [4.69, 9.17) is 10.8 Å². The molecule has 0 aliphatic heterocycles. The van der Waals surface area contributed by atoms with Crippen molar-refractivity contribution in [1.29, 1.82) is 0 Å². The fraction of sp³-hybridized carbons (Fsp3) is 0.917. The first-order valence-corrected chi connectivity index (χ1v) is 6.09. The molecule has 0 heterocycles. The predicted molar refractivity (Wildman–Crippen MR) is 56.2 cm³/mol. The van der Waals surface area contributed by atoms with Gasteiger partial charge in [0.05, 0.1) is 6.42 Å². The van der Waals surface area contributed by atoms with E-state index in [2.05, 4.69) is 0 Å². The maximum absolute atomic E-state index is 11.0. The Morgan fingerprint density at radius 1 is 1.33 bits per heavy atom. The van der Waals surface area contributed by atoms with Gasteiger partial charge in [-0.15, -0.1) is 0 Å². The van der Waals surface area contributed by atoms with E-state index in [1.54, 1.807) is 0 Å². The van der Waals surface area contributed by atoms with Gasteiger partial charge in [0.15, 0.2) is 0 Å². The average molecular weight is 209 g/mol. The molecule has 0 amide bonds. The minimum absolute atomic E-state index is 0.0260. The normalized spacial score (nSPS) is 51.3. The van der Waals surface area contributed by atoms with Crippen molar-refractivity contribution < 1.29 is 9.90 Å². The van der Waals surface area contributed by atoms with Crippen LogP contribution in [-0.4, -0.2) is 17.6 Å². The third-order valence-electron chi connectivity index (χ3n) is 5.45. The lowest BCUT2D eigenvalue weighted by Gasteiger charge is -2.59. The first-order valence-electron chi connectivity index (χ1n) is 6.09. The zero-order valence-electron chi connectivity index (χ0n) is 8.98. The lowest BCUT2D eigenvalue weighted by atomic mass is 9.45. The zero-order chi connectivity index (χ0) is 10.6. The summed E-state index contributed by atoms with van der Waals surface area (Å²) in [6.07, 6.45) is 5.47. The van der Waals surface area contributed by atoms with E-state index in [1.165, 1.54) is 25.7 Å². The summed E-state index contributed by atoms with van der Waals surface area (Å²) in [5, 5.41) is 9.04. The molecule has 3 heteroatoms. The number of rotatable bonds is 3. The summed E-state index contributed by atoms with van der Waals surface area (Å²) in [6.45, 7) is 0.581. The molecular weight excluding hydrogens is 190 g/mol. The second kappa shape index (κ2) is 2.97. The van der Waals surface area contributed by atoms with Crippen LogP contribution in [0.5, 0.6) is 0 Å². The molecule has 0 unspecified atom stereocenters. The molecule has 0 aromatic rings. The first-order chi connectivity index (χ1) is 7.17. The molecule has 3 fully saturated rings. The van der Waals surface area contributed by atoms with E-state index < -0.39 is 5.97 Å². The van der Waals surface area contributed by atoms with Crippen molar-refractivity contribution in [1.82, 2.24) is 0 Å². The third-order valence-corrected chi connectivity index (χ3v) is 5.45. The lowest BCUT2D eigenvalue weighted by Crippen LogP contribution is -2.59. The van der Waals surface area contributed by atoms with E-state index in [0.717, 1.165) is 11.8 Å². The van der Waals surface area contributed by atoms with Crippen LogP contribution in [0.4, 0.5) is 0 Å². The Bertz CT molecular complexity index is 296. The van der Waals surface area contributed by atoms with Crippen molar-refractivity contribution >= 4 is 5.97 Å². The maximum Gasteiger partial charge on any atom is 0.303 e. The van der Waals surface area contributed by atoms with Crippen LogP contribution in [0.3, 0.4) is 0 Å². The minimum atomic E-state index is -0.658. The molecule has 0 aromatic carbocycles. The first kappa shape index (κ1) is 9.64. The molecule has 0 saturated heterocycles. The molecule has 0 aromatic heterocycles. The standard InChI is InChI=1S/C12H19NO2/c13-6-12(5-11(14)15)9-2-1-7-3-8(9)10(12)4-7/h7-10H,1-6,13H2,(H,14,15)/t7-,8-,9+,10-,12+/m0/s1. The molecule has 3 aliphatic rings. The third kappa shape index (κ3) is 1.07. The fourth-order valence-corrected chi connectivity index (χ4v) is 4.94. The van der Waals surface area contributed by atoms with E-state index in [-0.39, 0.29) is 5.41 Å². The Labute approximate surface area is 90.0 Å². The van der Waals surface area contributed by atoms with Crippen LogP contribution >= 0.6 is 0 Å². The van der Waals surface area contributed by atoms with Crippen LogP contribution in [0.25, 0.3) is 0 Å². The van der Waals surface area contributed by atoms with Crippen molar-refractivity contribution in [3.05, 3.63) is 0 Å². The molecule has 2 bridgehead atoms. The van der Waals surface area contributed by atoms with Crippen molar-refractivity contribution in [3.63, 3.8) is 0 Å². The van der Waals surface area contributed by atoms with Crippen molar-refractivity contribution in [2.75, 3.05) is 6.54 Å². The number of fused-ring (bicyclic) bond motifs is 1. The van der Waals surface area contributed by atoms with Crippen LogP contribution in [-0.2, 0) is 4.79 Å². The van der Waals surface area contributed by atoms with Gasteiger partial charge < -0.3 is 10.8 Å². The van der Waals surface area contributed by atoms with Crippen LogP contribution in [0.15, 0.2) is 0 Å². The minimum Gasteiger partial charge on any atom is -0.481 e. The molecule has 3 aliphatic carbocycles. The van der Waals surface area contributed by atoms with Gasteiger partial charge in [-0.05, 0) is 54.9 Å². The highest BCUT2D eigenvalue weighted by molar-refractivity contribution is 5.68. The fourth-order valence-electron chi connectivity index (χ4n) is 4.94. The van der Waals surface area contributed by atoms with Crippen molar-refractivity contribution in [2.45, 2.75) is 32.1 Å². The van der Waals surface area contributed by atoms with E-state index in [1.807, 2.05) is 0 Å². The number of aliphatic carboxylic acids is 1. The molecular formula is C12H19NO2. The van der Waals surface area contributed by atoms with Crippen molar-refractivity contribution in [2.24, 2.45) is 34.8 Å². The second-order valence-corrected chi connectivity index (χ2v) is 5.80. The quantitative estimate of drug-likeness (QED) is 0.740. The lowest BCUT2D eigenvalue weighted by molar-refractivity contribution is -0.156. The summed E-state index contributed by atoms with van der Waals surface area (Å²) >= 11 is 0. The summed E-state index contributed by atoms with van der Waals surface area (Å²) in [5.74, 6) is 2.32. The number of carboxylic acid groups (broad SMARTS) is 1. The summed E-state index contributed by atoms with van der Waals surface area (Å²) in [5.41, 5.74) is 5.87. The van der Waals surface area contributed by atoms with Gasteiger partial charge in [0.1, 0.15) is 0 Å². The highest BCUT2D eigenvalue weighted by atomic mass is 16.4. The van der Waals surface area contributed by atoms with Crippen LogP contribution in [0, 0.1) is 29.1 Å². The molecule has 3 nitrogen and oxygen atoms in total. The van der Waals surface area contributed by atoms with Crippen LogP contribution in [0.1, 0.15) is 32.1 Å². The van der Waals surface area contributed by atoms with Crippen LogP contribution < -0.4 is 5.73 Å². The summed E-state index contributed by atoms with van der Waals surface area (Å²) in [6, 6.07) is 0. The Hall–Kier alpha value is -0.570. The molecule has 3 rings (SSSR count). The Morgan fingerprint density at radius 2 is 2.13 bits per heavy atom. The Balaban J connectivity index is 1.88. The Kier molecular flexibility index (Phi) is 1.91. The number of hydrogen-bond acceptors (Lipinski definition) is 2. The number of carbonyl (C=O) groups is 1. The molecule has 0 spiro atoms. The zero-order valence-corrected chi connectivity index (χ0v) is 8.98. The van der Waals surface area contributed by atoms with Gasteiger partial charge >= 0.3 is 5.97 Å². The van der Waals surface area contributed by atoms with Crippen LogP contribution in [0.2, 0.25) is 0 Å². The Morgan fingerprint density at radius 3 is 2.80 bits per heavy atom. The van der Waals surface area contributed by atoms with E-state index in [0.29, 0.717) is 24.8 Å². The van der Waals surface area contributed by atoms with Gasteiger partial charge in [-0.2, -0.15) is 0 Å². The van der Waals surface area contributed by atoms with Gasteiger partial charge in [0.2, 0.25) is 0 Å². The predicted octanol–water partition coefficient (Wildman–Crippen LogP) is 1.47. The van der Waals surface area contributed by atoms with Gasteiger partial charge in [0.25, 0.3) is 0 Å². The summed E-state index contributed by atoms with van der Waals surface area (Å²) in [4.78, 5) is 11.0. The van der Waals surface area contributed by atoms with Gasteiger partial charge in [-0.3, -0.25) is 4.79 Å². The largest absolute Gasteiger partial charge is 0.481 e. The second-order valence-electron chi connectivity index (χ2n) is 5.80. The van der Waals surface area contributed by atoms with Gasteiger partial charge in [-0.1, -0.05) is 6.42 Å². The van der Waals surface area contributed by atoms with Crippen molar-refractivity contribution in [3.8, 4) is 0 Å². The smallest absolute Gasteiger partial charge is 0.303 e. The van der Waals surface area contributed by atoms with Gasteiger partial charge in [0, 0.05) is 0 Å². The topological polar surface area (TPSA) is 63.3 Å². The number of nitrogens with two attached hydrogens (primary N) is 1. The highest BCUT2D eigenvalue weighted by Crippen LogP contribution is 2.70. The number of carboxylic acids is 1. The molecule has 3 N–H and O–H groups in total. The molecule has 3 saturated carbocycles. The number of hydrogen-bond donors (Lipinski definition) is 2. The molecule has 5 atom stereocenters. The molecule has 0 radical (unpaired) electrons. The average Bonchev–Trinajstić information content (AvgIpc) is 2.40. The summed E-state index contributed by atoms with van der Waals surface area (Å²) < 4.78 is 0.